The molecule has 0 saturated heterocycles. The van der Waals surface area contributed by atoms with Gasteiger partial charge in [0.25, 0.3) is 0 Å². The fourth-order valence-corrected chi connectivity index (χ4v) is 2.14. The van der Waals surface area contributed by atoms with Crippen LogP contribution in [0.15, 0.2) is 28.7 Å². The topological polar surface area (TPSA) is 64.3 Å². The van der Waals surface area contributed by atoms with Gasteiger partial charge < -0.3 is 10.0 Å². The number of halogens is 1. The lowest BCUT2D eigenvalue weighted by Gasteiger charge is -2.19. The van der Waals surface area contributed by atoms with E-state index >= 15 is 0 Å². The summed E-state index contributed by atoms with van der Waals surface area (Å²) in [5, 5.41) is 17.1. The fraction of sp³-hybridized carbons (Fsp3) is 0.231. The normalized spacial score (nSPS) is 10.3. The van der Waals surface area contributed by atoms with Gasteiger partial charge in [0.15, 0.2) is 0 Å². The number of nitrogens with zero attached hydrogens (tertiary/aromatic N) is 2. The van der Waals surface area contributed by atoms with Gasteiger partial charge in [0.2, 0.25) is 0 Å². The number of hydrogen-bond acceptors (Lipinski definition) is 3. The van der Waals surface area contributed by atoms with Crippen LogP contribution in [-0.4, -0.2) is 24.7 Å². The molecule has 0 heterocycles. The van der Waals surface area contributed by atoms with Crippen LogP contribution in [0.5, 0.6) is 0 Å². The summed E-state index contributed by atoms with van der Waals surface area (Å²) in [6.45, 7) is 0.652. The quantitative estimate of drug-likeness (QED) is 0.849. The molecule has 0 unspecified atom stereocenters. The van der Waals surface area contributed by atoms with E-state index in [2.05, 4.69) is 22.0 Å². The third kappa shape index (κ3) is 4.22. The molecule has 0 atom stereocenters. The average Bonchev–Trinajstić information content (AvgIpc) is 2.33. The first kappa shape index (κ1) is 14.3. The molecule has 0 aliphatic heterocycles. The second kappa shape index (κ2) is 6.82. The van der Waals surface area contributed by atoms with E-state index in [4.69, 9.17) is 10.4 Å². The van der Waals surface area contributed by atoms with Crippen molar-refractivity contribution in [1.82, 2.24) is 0 Å². The van der Waals surface area contributed by atoms with Crippen LogP contribution in [0.1, 0.15) is 12.0 Å². The van der Waals surface area contributed by atoms with Gasteiger partial charge in [0.1, 0.15) is 0 Å². The summed E-state index contributed by atoms with van der Waals surface area (Å²) >= 11 is 3.44. The van der Waals surface area contributed by atoms with E-state index in [0.717, 1.165) is 21.8 Å². The molecule has 94 valence electrons. The predicted octanol–water partition coefficient (Wildman–Crippen LogP) is 2.90. The molecule has 1 aromatic carbocycles. The molecule has 0 fully saturated rings. The highest BCUT2D eigenvalue weighted by molar-refractivity contribution is 9.10. The Bertz CT molecular complexity index is 506. The maximum atomic E-state index is 10.4. The number of benzene rings is 1. The minimum absolute atomic E-state index is 0.462. The first-order valence-corrected chi connectivity index (χ1v) is 6.12. The summed E-state index contributed by atoms with van der Waals surface area (Å²) < 4.78 is 0.871. The molecule has 1 aromatic rings. The van der Waals surface area contributed by atoms with Crippen LogP contribution in [0.2, 0.25) is 0 Å². The van der Waals surface area contributed by atoms with Gasteiger partial charge in [-0.05, 0) is 39.7 Å². The van der Waals surface area contributed by atoms with Gasteiger partial charge in [0.05, 0.1) is 18.2 Å². The largest absolute Gasteiger partial charge is 0.478 e. The Kier molecular flexibility index (Phi) is 5.40. The van der Waals surface area contributed by atoms with Gasteiger partial charge in [-0.3, -0.25) is 0 Å². The van der Waals surface area contributed by atoms with E-state index in [1.54, 1.807) is 0 Å². The van der Waals surface area contributed by atoms with E-state index < -0.39 is 5.97 Å². The number of carbonyl (C=O) groups is 1. The third-order valence-electron chi connectivity index (χ3n) is 2.36. The maximum absolute atomic E-state index is 10.4. The highest BCUT2D eigenvalue weighted by Crippen LogP contribution is 2.27. The lowest BCUT2D eigenvalue weighted by molar-refractivity contribution is -0.131. The van der Waals surface area contributed by atoms with Crippen LogP contribution < -0.4 is 4.90 Å². The molecule has 0 aliphatic rings. The summed E-state index contributed by atoms with van der Waals surface area (Å²) in [5.74, 6) is -0.971. The van der Waals surface area contributed by atoms with Crippen molar-refractivity contribution in [2.24, 2.45) is 0 Å². The van der Waals surface area contributed by atoms with Crippen molar-refractivity contribution in [2.45, 2.75) is 6.42 Å². The maximum Gasteiger partial charge on any atom is 0.328 e. The molecular weight excluding hydrogens is 296 g/mol. The lowest BCUT2D eigenvalue weighted by atomic mass is 10.2. The second-order valence-corrected chi connectivity index (χ2v) is 4.57. The van der Waals surface area contributed by atoms with E-state index in [-0.39, 0.29) is 0 Å². The van der Waals surface area contributed by atoms with E-state index in [1.807, 2.05) is 30.1 Å². The lowest BCUT2D eigenvalue weighted by Crippen LogP contribution is -2.18. The van der Waals surface area contributed by atoms with E-state index in [0.29, 0.717) is 13.0 Å². The molecule has 5 heteroatoms. The van der Waals surface area contributed by atoms with Crippen molar-refractivity contribution in [3.8, 4) is 6.07 Å². The van der Waals surface area contributed by atoms with Gasteiger partial charge in [-0.2, -0.15) is 5.26 Å². The molecule has 0 amide bonds. The minimum atomic E-state index is -0.971. The number of hydrogen-bond donors (Lipinski definition) is 1. The van der Waals surface area contributed by atoms with Gasteiger partial charge in [-0.1, -0.05) is 6.07 Å². The number of nitriles is 1. The molecule has 0 bridgehead atoms. The third-order valence-corrected chi connectivity index (χ3v) is 3.00. The zero-order valence-electron chi connectivity index (χ0n) is 9.93. The number of rotatable bonds is 5. The zero-order valence-corrected chi connectivity index (χ0v) is 11.5. The van der Waals surface area contributed by atoms with Crippen LogP contribution in [0.25, 0.3) is 6.08 Å². The molecule has 4 nitrogen and oxygen atoms in total. The molecule has 18 heavy (non-hydrogen) atoms. The first-order chi connectivity index (χ1) is 8.54. The number of carboxylic acids is 1. The number of aliphatic carboxylic acids is 1. The highest BCUT2D eigenvalue weighted by Gasteiger charge is 2.05. The van der Waals surface area contributed by atoms with Crippen LogP contribution >= 0.6 is 15.9 Å². The molecule has 0 radical (unpaired) electrons. The first-order valence-electron chi connectivity index (χ1n) is 5.33. The van der Waals surface area contributed by atoms with Gasteiger partial charge in [-0.25, -0.2) is 4.79 Å². The zero-order chi connectivity index (χ0) is 13.5. The minimum Gasteiger partial charge on any atom is -0.478 e. The standard InChI is InChI=1S/C13H13BrN2O2/c1-16(8-2-7-15)12-5-3-10(9-11(12)14)4-6-13(17)18/h3-6,9H,2,8H2,1H3,(H,17,18)/b6-4+. The molecular formula is C13H13BrN2O2. The molecule has 0 aliphatic carbocycles. The molecule has 1 rings (SSSR count). The van der Waals surface area contributed by atoms with Crippen molar-refractivity contribution in [2.75, 3.05) is 18.5 Å². The van der Waals surface area contributed by atoms with Gasteiger partial charge in [-0.15, -0.1) is 0 Å². The van der Waals surface area contributed by atoms with E-state index in [1.165, 1.54) is 6.08 Å². The highest BCUT2D eigenvalue weighted by atomic mass is 79.9. The smallest absolute Gasteiger partial charge is 0.328 e. The molecule has 1 N–H and O–H groups in total. The molecule has 0 saturated carbocycles. The van der Waals surface area contributed by atoms with Gasteiger partial charge in [0, 0.05) is 24.1 Å². The Balaban J connectivity index is 2.86. The summed E-state index contributed by atoms with van der Waals surface area (Å²) in [6.07, 6.45) is 3.09. The Morgan fingerprint density at radius 2 is 2.33 bits per heavy atom. The molecule has 0 spiro atoms. The summed E-state index contributed by atoms with van der Waals surface area (Å²) in [7, 11) is 1.91. The fourth-order valence-electron chi connectivity index (χ4n) is 1.44. The van der Waals surface area contributed by atoms with Crippen LogP contribution in [0, 0.1) is 11.3 Å². The van der Waals surface area contributed by atoms with Crippen molar-refractivity contribution >= 4 is 33.7 Å². The van der Waals surface area contributed by atoms with Crippen molar-refractivity contribution < 1.29 is 9.90 Å². The van der Waals surface area contributed by atoms with Crippen molar-refractivity contribution in [3.63, 3.8) is 0 Å². The summed E-state index contributed by atoms with van der Waals surface area (Å²) in [6, 6.07) is 7.67. The van der Waals surface area contributed by atoms with Gasteiger partial charge >= 0.3 is 5.97 Å². The van der Waals surface area contributed by atoms with Crippen LogP contribution in [0.3, 0.4) is 0 Å². The number of carboxylic acid groups (broad SMARTS) is 1. The molecule has 0 aromatic heterocycles. The summed E-state index contributed by atoms with van der Waals surface area (Å²) in [5.41, 5.74) is 1.78. The Morgan fingerprint density at radius 1 is 1.61 bits per heavy atom. The van der Waals surface area contributed by atoms with Crippen LogP contribution in [-0.2, 0) is 4.79 Å². The monoisotopic (exact) mass is 308 g/mol. The second-order valence-electron chi connectivity index (χ2n) is 3.71. The van der Waals surface area contributed by atoms with Crippen molar-refractivity contribution in [1.29, 1.82) is 5.26 Å². The predicted molar refractivity (Wildman–Crippen MR) is 74.3 cm³/mol. The SMILES string of the molecule is CN(CCC#N)c1ccc(/C=C/C(=O)O)cc1Br. The Morgan fingerprint density at radius 3 is 2.89 bits per heavy atom. The Labute approximate surface area is 114 Å². The average molecular weight is 309 g/mol. The Hall–Kier alpha value is -1.80. The summed E-state index contributed by atoms with van der Waals surface area (Å²) in [4.78, 5) is 12.4. The van der Waals surface area contributed by atoms with E-state index in [9.17, 15) is 4.79 Å². The number of anilines is 1. The van der Waals surface area contributed by atoms with Crippen LogP contribution in [0.4, 0.5) is 5.69 Å². The van der Waals surface area contributed by atoms with Crippen molar-refractivity contribution in [3.05, 3.63) is 34.3 Å².